The molecule has 0 rings (SSSR count). The number of rotatable bonds is 1. The lowest BCUT2D eigenvalue weighted by Crippen LogP contribution is -2.32. The zero-order chi connectivity index (χ0) is 16.2. The van der Waals surface area contributed by atoms with Gasteiger partial charge >= 0.3 is 0 Å². The van der Waals surface area contributed by atoms with Crippen LogP contribution in [0.3, 0.4) is 0 Å². The van der Waals surface area contributed by atoms with Gasteiger partial charge in [-0.1, -0.05) is 14.9 Å². The van der Waals surface area contributed by atoms with Crippen LogP contribution in [0.1, 0.15) is 49.5 Å². The predicted octanol–water partition coefficient (Wildman–Crippen LogP) is 2.53. The maximum absolute atomic E-state index is 10.5. The van der Waals surface area contributed by atoms with Crippen LogP contribution in [0.5, 0.6) is 0 Å². The van der Waals surface area contributed by atoms with Gasteiger partial charge in [-0.25, -0.2) is 0 Å². The third-order valence-electron chi connectivity index (χ3n) is 2.02. The third-order valence-corrected chi connectivity index (χ3v) is 2.02. The van der Waals surface area contributed by atoms with Crippen molar-refractivity contribution in [3.8, 4) is 0 Å². The van der Waals surface area contributed by atoms with Crippen molar-refractivity contribution < 1.29 is 28.3 Å². The molecule has 0 spiro atoms. The molecule has 0 aliphatic carbocycles. The Kier molecular flexibility index (Phi) is 27.2. The van der Waals surface area contributed by atoms with Crippen molar-refractivity contribution in [1.82, 2.24) is 9.80 Å². The number of imide groups is 2. The quantitative estimate of drug-likeness (QED) is 0.745. The Hall–Kier alpha value is -1.86. The molecule has 0 aliphatic rings. The van der Waals surface area contributed by atoms with Crippen molar-refractivity contribution in [2.24, 2.45) is 0 Å². The van der Waals surface area contributed by atoms with Gasteiger partial charge in [-0.15, -0.1) is 0 Å². The minimum atomic E-state index is -0.225. The van der Waals surface area contributed by atoms with E-state index in [4.69, 9.17) is 9.15 Å². The number of carbonyl (C=O) groups is 4. The molecule has 21 heavy (non-hydrogen) atoms. The van der Waals surface area contributed by atoms with Gasteiger partial charge < -0.3 is 0 Å². The molecule has 0 saturated carbocycles. The highest BCUT2D eigenvalue weighted by Crippen LogP contribution is 1.87. The Morgan fingerprint density at radius 3 is 1.00 bits per heavy atom. The first-order valence-electron chi connectivity index (χ1n) is 5.32. The zero-order valence-electron chi connectivity index (χ0n) is 12.0. The molecule has 0 saturated heterocycles. The Balaban J connectivity index is -0.0000000671. The molecule has 0 aromatic rings. The lowest BCUT2D eigenvalue weighted by molar-refractivity contribution is -0.142. The van der Waals surface area contributed by atoms with E-state index >= 15 is 0 Å². The van der Waals surface area contributed by atoms with Crippen LogP contribution in [0, 0.1) is 0 Å². The lowest BCUT2D eigenvalue weighted by atomic mass is 10.5. The van der Waals surface area contributed by atoms with E-state index in [9.17, 15) is 19.2 Å². The first-order valence-corrected chi connectivity index (χ1v) is 5.32. The van der Waals surface area contributed by atoms with Crippen LogP contribution in [-0.2, 0) is 19.2 Å². The summed E-state index contributed by atoms with van der Waals surface area (Å²) in [5.74, 6) is -0.829. The maximum atomic E-state index is 10.5. The largest absolute Gasteiger partial charge is 0.286 e. The van der Waals surface area contributed by atoms with E-state index in [1.165, 1.54) is 39.6 Å². The summed E-state index contributed by atoms with van der Waals surface area (Å²) in [7, 11) is 1.45. The first-order chi connectivity index (χ1) is 8.64. The number of nitrogens with zero attached hydrogens (tertiary/aromatic N) is 2. The van der Waals surface area contributed by atoms with Gasteiger partial charge in [0.2, 0.25) is 23.6 Å². The third kappa shape index (κ3) is 18.1. The number of carbonyl (C=O) groups excluding carboxylic acids is 4. The monoisotopic (exact) mass is 314 g/mol. The average Bonchev–Trinajstić information content (AvgIpc) is 2.31. The second-order valence-corrected chi connectivity index (χ2v) is 3.38. The number of hydrogen-bond donors (Lipinski definition) is 0. The molecule has 0 N–H and O–H groups in total. The van der Waals surface area contributed by atoms with Crippen molar-refractivity contribution in [2.75, 3.05) is 13.6 Å². The summed E-state index contributed by atoms with van der Waals surface area (Å²) in [4.78, 5) is 43.9. The number of halogens is 2. The van der Waals surface area contributed by atoms with E-state index in [1.807, 2.05) is 0 Å². The molecular formula is C13H28F2N2O4. The smallest absolute Gasteiger partial charge is 0.226 e. The molecule has 0 unspecified atom stereocenters. The van der Waals surface area contributed by atoms with Gasteiger partial charge in [-0.2, -0.15) is 0 Å². The fourth-order valence-corrected chi connectivity index (χ4v) is 0.889. The van der Waals surface area contributed by atoms with Crippen LogP contribution >= 0.6 is 0 Å². The second kappa shape index (κ2) is 18.1. The Morgan fingerprint density at radius 1 is 0.762 bits per heavy atom. The van der Waals surface area contributed by atoms with Crippen molar-refractivity contribution in [2.45, 2.75) is 49.5 Å². The topological polar surface area (TPSA) is 74.8 Å². The summed E-state index contributed by atoms with van der Waals surface area (Å²) in [5, 5.41) is 0. The summed E-state index contributed by atoms with van der Waals surface area (Å²) >= 11 is 0. The highest BCUT2D eigenvalue weighted by molar-refractivity contribution is 5.93. The van der Waals surface area contributed by atoms with E-state index in [-0.39, 0.29) is 38.5 Å². The predicted molar refractivity (Wildman–Crippen MR) is 78.5 cm³/mol. The molecule has 0 aliphatic heterocycles. The maximum Gasteiger partial charge on any atom is 0.226 e. The Labute approximate surface area is 125 Å². The molecule has 0 heterocycles. The number of hydrogen-bond acceptors (Lipinski definition) is 4. The summed E-state index contributed by atoms with van der Waals surface area (Å²) in [5.41, 5.74) is 0. The second-order valence-electron chi connectivity index (χ2n) is 3.38. The minimum absolute atomic E-state index is 0. The molecular weight excluding hydrogens is 286 g/mol. The molecule has 0 aromatic heterocycles. The number of amides is 4. The molecule has 6 nitrogen and oxygen atoms in total. The van der Waals surface area contributed by atoms with Crippen molar-refractivity contribution in [1.29, 1.82) is 0 Å². The summed E-state index contributed by atoms with van der Waals surface area (Å²) in [6.07, 6.45) is 0. The molecule has 8 heteroatoms. The molecule has 0 atom stereocenters. The molecule has 0 aromatic carbocycles. The van der Waals surface area contributed by atoms with Crippen molar-refractivity contribution >= 4 is 23.6 Å². The van der Waals surface area contributed by atoms with Crippen LogP contribution in [0.2, 0.25) is 0 Å². The van der Waals surface area contributed by atoms with Gasteiger partial charge in [0, 0.05) is 50.4 Å². The SMILES string of the molecule is C.C.CC(=O)N(C)C(C)=O.CCN(C(C)=O)C(C)=O.FF. The van der Waals surface area contributed by atoms with Crippen LogP contribution in [0.25, 0.3) is 0 Å². The Morgan fingerprint density at radius 2 is 1.00 bits per heavy atom. The average molecular weight is 314 g/mol. The van der Waals surface area contributed by atoms with Gasteiger partial charge in [-0.3, -0.25) is 29.0 Å². The van der Waals surface area contributed by atoms with Crippen LogP contribution < -0.4 is 0 Å². The van der Waals surface area contributed by atoms with Crippen molar-refractivity contribution in [3.63, 3.8) is 0 Å². The molecule has 128 valence electrons. The normalized spacial score (nSPS) is 7.24. The van der Waals surface area contributed by atoms with Gasteiger partial charge in [0.25, 0.3) is 0 Å². The molecule has 4 amide bonds. The highest BCUT2D eigenvalue weighted by Gasteiger charge is 2.08. The minimum Gasteiger partial charge on any atom is -0.286 e. The highest BCUT2D eigenvalue weighted by atomic mass is 20.0. The molecule has 0 fully saturated rings. The van der Waals surface area contributed by atoms with E-state index in [2.05, 4.69) is 0 Å². The van der Waals surface area contributed by atoms with Crippen molar-refractivity contribution in [3.05, 3.63) is 0 Å². The van der Waals surface area contributed by atoms with E-state index in [0.717, 1.165) is 4.90 Å². The standard InChI is InChI=1S/C6H11NO2.C5H9NO2.2CH4.F2/c1-4-7(5(2)8)6(3)9;1-4(7)6(3)5(2)8;;;1-2/h4H2,1-3H3;1-3H3;2*1H4;. The summed E-state index contributed by atoms with van der Waals surface area (Å²) < 4.78 is 16.0. The van der Waals surface area contributed by atoms with Gasteiger partial charge in [0.05, 0.1) is 0 Å². The van der Waals surface area contributed by atoms with E-state index in [1.54, 1.807) is 6.92 Å². The lowest BCUT2D eigenvalue weighted by Gasteiger charge is -2.12. The molecule has 0 bridgehead atoms. The van der Waals surface area contributed by atoms with E-state index < -0.39 is 0 Å². The zero-order valence-corrected chi connectivity index (χ0v) is 12.0. The fourth-order valence-electron chi connectivity index (χ4n) is 0.889. The van der Waals surface area contributed by atoms with Gasteiger partial charge in [0.1, 0.15) is 0 Å². The summed E-state index contributed by atoms with van der Waals surface area (Å²) in [6.45, 7) is 7.69. The van der Waals surface area contributed by atoms with Crippen LogP contribution in [0.15, 0.2) is 0 Å². The Bertz CT molecular complexity index is 295. The molecule has 0 radical (unpaired) electrons. The van der Waals surface area contributed by atoms with Crippen LogP contribution in [-0.4, -0.2) is 47.0 Å². The first kappa shape index (κ1) is 31.5. The fraction of sp³-hybridized carbons (Fsp3) is 0.692. The van der Waals surface area contributed by atoms with Gasteiger partial charge in [-0.05, 0) is 6.92 Å². The van der Waals surface area contributed by atoms with E-state index in [0.29, 0.717) is 6.54 Å². The van der Waals surface area contributed by atoms with Crippen LogP contribution in [0.4, 0.5) is 9.15 Å². The van der Waals surface area contributed by atoms with Gasteiger partial charge in [0.15, 0.2) is 0 Å². The summed E-state index contributed by atoms with van der Waals surface area (Å²) in [6, 6.07) is 0.